The predicted octanol–water partition coefficient (Wildman–Crippen LogP) is 5.57. The van der Waals surface area contributed by atoms with E-state index in [1.165, 1.54) is 28.8 Å². The van der Waals surface area contributed by atoms with Crippen molar-refractivity contribution < 1.29 is 40.7 Å². The summed E-state index contributed by atoms with van der Waals surface area (Å²) in [5, 5.41) is 8.88. The Morgan fingerprint density at radius 2 is 1.80 bits per heavy atom. The van der Waals surface area contributed by atoms with Crippen LogP contribution in [0, 0.1) is 5.92 Å². The Morgan fingerprint density at radius 1 is 1.09 bits per heavy atom. The van der Waals surface area contributed by atoms with Gasteiger partial charge in [0.2, 0.25) is 0 Å². The molecule has 2 aromatic heterocycles. The molecule has 0 bridgehead atoms. The smallest absolute Gasteiger partial charge is 0.364 e. The maximum absolute atomic E-state index is 13.4. The van der Waals surface area contributed by atoms with E-state index in [2.05, 4.69) is 20.4 Å². The van der Waals surface area contributed by atoms with Gasteiger partial charge in [-0.2, -0.15) is 31.4 Å². The number of imidazole rings is 1. The minimum Gasteiger partial charge on any atom is -0.364 e. The van der Waals surface area contributed by atoms with E-state index in [-0.39, 0.29) is 23.5 Å². The summed E-state index contributed by atoms with van der Waals surface area (Å²) in [5.74, 6) is -0.518. The number of hydrogen-bond donors (Lipinski definition) is 3. The molecule has 5 atom stereocenters. The van der Waals surface area contributed by atoms with Gasteiger partial charge in [-0.15, -0.1) is 0 Å². The molecule has 0 unspecified atom stereocenters. The van der Waals surface area contributed by atoms with Crippen molar-refractivity contribution in [2.24, 2.45) is 5.92 Å². The lowest BCUT2D eigenvalue weighted by atomic mass is 10.00. The number of aromatic nitrogens is 4. The quantitative estimate of drug-likeness (QED) is 0.254. The Bertz CT molecular complexity index is 1510. The van der Waals surface area contributed by atoms with Crippen molar-refractivity contribution in [1.82, 2.24) is 35.3 Å². The van der Waals surface area contributed by atoms with Crippen LogP contribution >= 0.6 is 0 Å². The number of ether oxygens (including phenoxy) is 1. The fourth-order valence-electron chi connectivity index (χ4n) is 5.49. The number of urea groups is 1. The molecule has 44 heavy (non-hydrogen) atoms. The molecule has 10 nitrogen and oxygen atoms in total. The maximum Gasteiger partial charge on any atom is 0.414 e. The Labute approximate surface area is 248 Å². The van der Waals surface area contributed by atoms with E-state index in [4.69, 9.17) is 4.74 Å². The molecule has 5 rings (SSSR count). The summed E-state index contributed by atoms with van der Waals surface area (Å²) in [4.78, 5) is 34.7. The van der Waals surface area contributed by atoms with Gasteiger partial charge >= 0.3 is 18.4 Å². The molecule has 0 radical (unpaired) electrons. The Hall–Kier alpha value is -3.82. The summed E-state index contributed by atoms with van der Waals surface area (Å²) >= 11 is 0. The first kappa shape index (κ1) is 31.6. The van der Waals surface area contributed by atoms with Gasteiger partial charge in [0.05, 0.1) is 29.7 Å². The van der Waals surface area contributed by atoms with Crippen molar-refractivity contribution in [3.63, 3.8) is 0 Å². The predicted molar refractivity (Wildman–Crippen MR) is 146 cm³/mol. The van der Waals surface area contributed by atoms with Crippen LogP contribution in [0.15, 0.2) is 30.5 Å². The zero-order valence-corrected chi connectivity index (χ0v) is 24.3. The van der Waals surface area contributed by atoms with E-state index < -0.39 is 61.2 Å². The molecular formula is C28H33F6N7O3. The van der Waals surface area contributed by atoms with Crippen molar-refractivity contribution in [1.29, 1.82) is 0 Å². The lowest BCUT2D eigenvalue weighted by molar-refractivity contribution is -0.227. The number of amides is 3. The summed E-state index contributed by atoms with van der Waals surface area (Å²) in [6.45, 7) is 5.36. The Kier molecular flexibility index (Phi) is 8.33. The van der Waals surface area contributed by atoms with Gasteiger partial charge in [-0.05, 0) is 70.2 Å². The second-order valence-electron chi connectivity index (χ2n) is 11.6. The average molecular weight is 630 g/mol. The average Bonchev–Trinajstić information content (AvgIpc) is 3.30. The van der Waals surface area contributed by atoms with E-state index in [1.807, 2.05) is 19.2 Å². The number of fused-ring (bicyclic) bond motifs is 1. The summed E-state index contributed by atoms with van der Waals surface area (Å²) in [7, 11) is 0. The number of H-pyrrole nitrogens is 1. The third-order valence-corrected chi connectivity index (χ3v) is 7.93. The highest BCUT2D eigenvalue weighted by atomic mass is 19.4. The molecule has 1 aromatic carbocycles. The molecule has 1 aliphatic heterocycles. The number of rotatable bonds is 10. The second-order valence-corrected chi connectivity index (χ2v) is 11.6. The van der Waals surface area contributed by atoms with Crippen LogP contribution in [0.1, 0.15) is 80.5 Å². The minimum absolute atomic E-state index is 0.0253. The first-order chi connectivity index (χ1) is 20.5. The number of halogens is 6. The lowest BCUT2D eigenvalue weighted by Gasteiger charge is -2.28. The zero-order chi connectivity index (χ0) is 32.1. The number of nitrogens with zero attached hydrogens (tertiary/aromatic N) is 4. The van der Waals surface area contributed by atoms with Crippen molar-refractivity contribution in [2.45, 2.75) is 89.3 Å². The van der Waals surface area contributed by atoms with Crippen LogP contribution < -0.4 is 10.6 Å². The standard InChI is InChI=1S/C28H33F6N7O3/c1-13(2)41-20(9-10-35-41)25(42)39-22(14(3)44-15(4)27(29,30)31)24-36-18-8-7-17(11-19(18)37-24)23(16-5-6-16)40-12-21(28(32,33)34)38-26(40)43/h7-11,13-16,21-23H,5-6,12H2,1-4H3,(H,36,37)(H,38,43)(H,39,42)/t14-,15+,21+,22+,23-/m1/s1. The van der Waals surface area contributed by atoms with Crippen LogP contribution in [0.4, 0.5) is 31.1 Å². The van der Waals surface area contributed by atoms with E-state index in [9.17, 15) is 35.9 Å². The van der Waals surface area contributed by atoms with Crippen LogP contribution in [-0.4, -0.2) is 73.7 Å². The first-order valence-corrected chi connectivity index (χ1v) is 14.2. The van der Waals surface area contributed by atoms with E-state index >= 15 is 0 Å². The highest BCUT2D eigenvalue weighted by molar-refractivity contribution is 5.93. The largest absolute Gasteiger partial charge is 0.414 e. The van der Waals surface area contributed by atoms with Crippen molar-refractivity contribution in [3.8, 4) is 0 Å². The van der Waals surface area contributed by atoms with Crippen LogP contribution in [0.5, 0.6) is 0 Å². The molecule has 3 heterocycles. The molecular weight excluding hydrogens is 596 g/mol. The third-order valence-electron chi connectivity index (χ3n) is 7.93. The summed E-state index contributed by atoms with van der Waals surface area (Å²) < 4.78 is 86.9. The van der Waals surface area contributed by atoms with E-state index in [1.54, 1.807) is 18.2 Å². The second kappa shape index (κ2) is 11.6. The molecule has 16 heteroatoms. The fourth-order valence-corrected chi connectivity index (χ4v) is 5.49. The van der Waals surface area contributed by atoms with E-state index in [0.29, 0.717) is 16.6 Å². The van der Waals surface area contributed by atoms with Gasteiger partial charge in [-0.1, -0.05) is 6.07 Å². The highest BCUT2D eigenvalue weighted by Gasteiger charge is 2.51. The lowest BCUT2D eigenvalue weighted by Crippen LogP contribution is -2.41. The van der Waals surface area contributed by atoms with Gasteiger partial charge in [0.15, 0.2) is 6.10 Å². The highest BCUT2D eigenvalue weighted by Crippen LogP contribution is 2.46. The van der Waals surface area contributed by atoms with Crippen molar-refractivity contribution in [3.05, 3.63) is 47.5 Å². The first-order valence-electron chi connectivity index (χ1n) is 14.2. The van der Waals surface area contributed by atoms with Gasteiger partial charge in [0, 0.05) is 12.2 Å². The van der Waals surface area contributed by atoms with Crippen molar-refractivity contribution >= 4 is 23.0 Å². The van der Waals surface area contributed by atoms with Crippen LogP contribution in [-0.2, 0) is 4.74 Å². The molecule has 0 spiro atoms. The number of carbonyl (C=O) groups excluding carboxylic acids is 2. The molecule has 3 N–H and O–H groups in total. The molecule has 2 fully saturated rings. The molecule has 3 aromatic rings. The minimum atomic E-state index is -4.65. The molecule has 2 aliphatic rings. The molecule has 1 aliphatic carbocycles. The number of carbonyl (C=O) groups is 2. The topological polar surface area (TPSA) is 117 Å². The Morgan fingerprint density at radius 3 is 2.39 bits per heavy atom. The molecule has 1 saturated carbocycles. The normalized spacial score (nSPS) is 20.6. The summed E-state index contributed by atoms with van der Waals surface area (Å²) in [6.07, 6.45) is -9.65. The summed E-state index contributed by atoms with van der Waals surface area (Å²) in [6, 6.07) is 1.72. The van der Waals surface area contributed by atoms with Crippen molar-refractivity contribution in [2.75, 3.05) is 6.54 Å². The maximum atomic E-state index is 13.4. The number of nitrogens with one attached hydrogen (secondary N) is 3. The monoisotopic (exact) mass is 629 g/mol. The number of benzene rings is 1. The van der Waals surface area contributed by atoms with Gasteiger partial charge in [0.25, 0.3) is 5.91 Å². The van der Waals surface area contributed by atoms with Crippen LogP contribution in [0.25, 0.3) is 11.0 Å². The van der Waals surface area contributed by atoms with Gasteiger partial charge in [-0.25, -0.2) is 9.78 Å². The van der Waals surface area contributed by atoms with E-state index in [0.717, 1.165) is 19.8 Å². The Balaban J connectivity index is 1.46. The molecule has 240 valence electrons. The van der Waals surface area contributed by atoms with Gasteiger partial charge < -0.3 is 25.3 Å². The van der Waals surface area contributed by atoms with Gasteiger partial charge in [-0.3, -0.25) is 9.48 Å². The van der Waals surface area contributed by atoms with Gasteiger partial charge in [0.1, 0.15) is 23.6 Å². The third kappa shape index (κ3) is 6.49. The SMILES string of the molecule is CC(C)n1nccc1C(=O)N[C@H](c1nc2ccc([C@@H](C3CC3)N3C[C@@H](C(F)(F)F)NC3=O)cc2[nH]1)[C@@H](C)O[C@@H](C)C(F)(F)F. The number of hydrogen-bond acceptors (Lipinski definition) is 5. The summed E-state index contributed by atoms with van der Waals surface area (Å²) in [5.41, 5.74) is 1.61. The zero-order valence-electron chi connectivity index (χ0n) is 24.3. The number of aromatic amines is 1. The van der Waals surface area contributed by atoms with Crippen LogP contribution in [0.2, 0.25) is 0 Å². The number of alkyl halides is 6. The molecule has 3 amide bonds. The fraction of sp³-hybridized carbons (Fsp3) is 0.571. The molecule has 1 saturated heterocycles. The van der Waals surface area contributed by atoms with Crippen LogP contribution in [0.3, 0.4) is 0 Å².